The lowest BCUT2D eigenvalue weighted by Gasteiger charge is -2.30. The van der Waals surface area contributed by atoms with Gasteiger partial charge in [-0.15, -0.1) is 0 Å². The van der Waals surface area contributed by atoms with E-state index in [0.29, 0.717) is 41.6 Å². The van der Waals surface area contributed by atoms with E-state index in [4.69, 9.17) is 0 Å². The molecule has 1 fully saturated rings. The van der Waals surface area contributed by atoms with Crippen LogP contribution in [0.3, 0.4) is 0 Å². The summed E-state index contributed by atoms with van der Waals surface area (Å²) in [6, 6.07) is 13.5. The minimum Gasteiger partial charge on any atom is -0.337 e. The van der Waals surface area contributed by atoms with Gasteiger partial charge in [-0.2, -0.15) is 5.10 Å². The quantitative estimate of drug-likeness (QED) is 0.472. The van der Waals surface area contributed by atoms with Gasteiger partial charge in [0.05, 0.1) is 16.3 Å². The van der Waals surface area contributed by atoms with Gasteiger partial charge in [-0.1, -0.05) is 13.0 Å². The second-order valence-electron chi connectivity index (χ2n) is 7.59. The molecule has 2 aromatic carbocycles. The summed E-state index contributed by atoms with van der Waals surface area (Å²) in [7, 11) is 0. The zero-order valence-corrected chi connectivity index (χ0v) is 16.5. The molecule has 0 N–H and O–H groups in total. The molecule has 1 saturated heterocycles. The lowest BCUT2D eigenvalue weighted by atomic mass is 9.99. The van der Waals surface area contributed by atoms with Crippen LogP contribution in [0.2, 0.25) is 0 Å². The molecule has 4 rings (SSSR count). The van der Waals surface area contributed by atoms with E-state index >= 15 is 0 Å². The molecule has 0 aliphatic carbocycles. The average Bonchev–Trinajstić information content (AvgIpc) is 3.20. The predicted octanol–water partition coefficient (Wildman–Crippen LogP) is 4.46. The molecule has 3 aromatic rings. The molecule has 154 valence electrons. The molecule has 1 aromatic heterocycles. The number of nitro benzene ring substituents is 1. The molecular weight excluding hydrogens is 387 g/mol. The number of likely N-dealkylation sites (tertiary alicyclic amines) is 1. The Morgan fingerprint density at radius 2 is 1.83 bits per heavy atom. The summed E-state index contributed by atoms with van der Waals surface area (Å²) in [4.78, 5) is 25.8. The van der Waals surface area contributed by atoms with Gasteiger partial charge in [-0.05, 0) is 55.2 Å². The molecular formula is C22H21FN4O3. The standard InChI is InChI=1S/C22H21FN4O3/c1-15-9-11-25(12-10-15)22(28)21-14-20(16-5-7-17(23)8-6-16)24-26(21)18-3-2-4-19(13-18)27(29)30/h2-8,13-15H,9-12H2,1H3. The van der Waals surface area contributed by atoms with Crippen LogP contribution in [0, 0.1) is 21.8 Å². The van der Waals surface area contributed by atoms with Crippen molar-refractivity contribution >= 4 is 11.6 Å². The Bertz CT molecular complexity index is 1090. The number of carbonyl (C=O) groups excluding carboxylic acids is 1. The minimum absolute atomic E-state index is 0.0865. The molecule has 2 heterocycles. The number of piperidine rings is 1. The fraction of sp³-hybridized carbons (Fsp3) is 0.273. The molecule has 1 aliphatic rings. The number of aromatic nitrogens is 2. The fourth-order valence-corrected chi connectivity index (χ4v) is 3.60. The fourth-order valence-electron chi connectivity index (χ4n) is 3.60. The molecule has 0 saturated carbocycles. The highest BCUT2D eigenvalue weighted by molar-refractivity contribution is 5.94. The summed E-state index contributed by atoms with van der Waals surface area (Å²) < 4.78 is 14.8. The van der Waals surface area contributed by atoms with Crippen LogP contribution in [0.4, 0.5) is 10.1 Å². The van der Waals surface area contributed by atoms with Crippen LogP contribution >= 0.6 is 0 Å². The maximum absolute atomic E-state index is 13.3. The van der Waals surface area contributed by atoms with Crippen molar-refractivity contribution in [3.8, 4) is 16.9 Å². The summed E-state index contributed by atoms with van der Waals surface area (Å²) in [6.45, 7) is 3.49. The maximum Gasteiger partial charge on any atom is 0.272 e. The molecule has 7 nitrogen and oxygen atoms in total. The molecule has 0 atom stereocenters. The highest BCUT2D eigenvalue weighted by Gasteiger charge is 2.26. The van der Waals surface area contributed by atoms with E-state index in [2.05, 4.69) is 12.0 Å². The van der Waals surface area contributed by atoms with E-state index in [1.54, 1.807) is 35.2 Å². The van der Waals surface area contributed by atoms with Crippen LogP contribution in [0.1, 0.15) is 30.3 Å². The van der Waals surface area contributed by atoms with Crippen LogP contribution < -0.4 is 0 Å². The summed E-state index contributed by atoms with van der Waals surface area (Å²) in [5, 5.41) is 15.7. The van der Waals surface area contributed by atoms with Crippen LogP contribution in [-0.4, -0.2) is 38.6 Å². The van der Waals surface area contributed by atoms with Gasteiger partial charge >= 0.3 is 0 Å². The normalized spacial score (nSPS) is 14.7. The number of nitro groups is 1. The number of benzene rings is 2. The van der Waals surface area contributed by atoms with Crippen molar-refractivity contribution in [3.05, 3.63) is 76.2 Å². The molecule has 1 amide bonds. The molecule has 0 radical (unpaired) electrons. The van der Waals surface area contributed by atoms with Crippen molar-refractivity contribution in [1.82, 2.24) is 14.7 Å². The second kappa shape index (κ2) is 8.06. The lowest BCUT2D eigenvalue weighted by molar-refractivity contribution is -0.384. The summed E-state index contributed by atoms with van der Waals surface area (Å²) in [5.74, 6) is 0.0374. The first kappa shape index (κ1) is 19.8. The topological polar surface area (TPSA) is 81.3 Å². The van der Waals surface area contributed by atoms with Gasteiger partial charge in [0.25, 0.3) is 11.6 Å². The first-order valence-corrected chi connectivity index (χ1v) is 9.82. The Balaban J connectivity index is 1.78. The van der Waals surface area contributed by atoms with E-state index in [1.165, 1.54) is 28.9 Å². The highest BCUT2D eigenvalue weighted by Crippen LogP contribution is 2.26. The van der Waals surface area contributed by atoms with Gasteiger partial charge in [0.2, 0.25) is 0 Å². The number of nitrogens with zero attached hydrogens (tertiary/aromatic N) is 4. The number of non-ortho nitro benzene ring substituents is 1. The number of rotatable bonds is 4. The van der Waals surface area contributed by atoms with Crippen LogP contribution in [0.5, 0.6) is 0 Å². The van der Waals surface area contributed by atoms with E-state index in [0.717, 1.165) is 12.8 Å². The minimum atomic E-state index is -0.485. The van der Waals surface area contributed by atoms with Crippen molar-refractivity contribution < 1.29 is 14.1 Å². The van der Waals surface area contributed by atoms with Crippen LogP contribution in [-0.2, 0) is 0 Å². The van der Waals surface area contributed by atoms with E-state index in [1.807, 2.05) is 0 Å². The molecule has 30 heavy (non-hydrogen) atoms. The monoisotopic (exact) mass is 408 g/mol. The number of amides is 1. The number of hydrogen-bond donors (Lipinski definition) is 0. The lowest BCUT2D eigenvalue weighted by Crippen LogP contribution is -2.38. The van der Waals surface area contributed by atoms with Crippen molar-refractivity contribution in [2.45, 2.75) is 19.8 Å². The Hall–Kier alpha value is -3.55. The smallest absolute Gasteiger partial charge is 0.272 e. The van der Waals surface area contributed by atoms with Crippen LogP contribution in [0.25, 0.3) is 16.9 Å². The third-order valence-electron chi connectivity index (χ3n) is 5.42. The van der Waals surface area contributed by atoms with Gasteiger partial charge in [0.15, 0.2) is 0 Å². The molecule has 8 heteroatoms. The number of hydrogen-bond acceptors (Lipinski definition) is 4. The SMILES string of the molecule is CC1CCN(C(=O)c2cc(-c3ccc(F)cc3)nn2-c2cccc([N+](=O)[O-])c2)CC1. The Morgan fingerprint density at radius 1 is 1.13 bits per heavy atom. The van der Waals surface area contributed by atoms with E-state index < -0.39 is 4.92 Å². The van der Waals surface area contributed by atoms with E-state index in [9.17, 15) is 19.3 Å². The zero-order chi connectivity index (χ0) is 21.3. The van der Waals surface area contributed by atoms with Gasteiger partial charge in [-0.3, -0.25) is 14.9 Å². The Kier molecular flexibility index (Phi) is 5.31. The largest absolute Gasteiger partial charge is 0.337 e. The Labute approximate surface area is 172 Å². The molecule has 0 spiro atoms. The molecule has 0 bridgehead atoms. The maximum atomic E-state index is 13.3. The third-order valence-corrected chi connectivity index (χ3v) is 5.42. The summed E-state index contributed by atoms with van der Waals surface area (Å²) >= 11 is 0. The van der Waals surface area contributed by atoms with Crippen molar-refractivity contribution in [2.24, 2.45) is 5.92 Å². The summed E-state index contributed by atoms with van der Waals surface area (Å²) in [6.07, 6.45) is 1.86. The summed E-state index contributed by atoms with van der Waals surface area (Å²) in [5.41, 5.74) is 1.81. The zero-order valence-electron chi connectivity index (χ0n) is 16.5. The van der Waals surface area contributed by atoms with Crippen LogP contribution in [0.15, 0.2) is 54.6 Å². The first-order chi connectivity index (χ1) is 14.4. The van der Waals surface area contributed by atoms with Gasteiger partial charge in [-0.25, -0.2) is 9.07 Å². The number of halogens is 1. The average molecular weight is 408 g/mol. The predicted molar refractivity (Wildman–Crippen MR) is 110 cm³/mol. The van der Waals surface area contributed by atoms with Crippen molar-refractivity contribution in [1.29, 1.82) is 0 Å². The number of carbonyl (C=O) groups is 1. The first-order valence-electron chi connectivity index (χ1n) is 9.82. The van der Waals surface area contributed by atoms with Gasteiger partial charge < -0.3 is 4.90 Å². The molecule has 1 aliphatic heterocycles. The second-order valence-corrected chi connectivity index (χ2v) is 7.59. The highest BCUT2D eigenvalue weighted by atomic mass is 19.1. The van der Waals surface area contributed by atoms with Crippen molar-refractivity contribution in [3.63, 3.8) is 0 Å². The van der Waals surface area contributed by atoms with Gasteiger partial charge in [0.1, 0.15) is 11.5 Å². The van der Waals surface area contributed by atoms with Gasteiger partial charge in [0, 0.05) is 30.8 Å². The molecule has 0 unspecified atom stereocenters. The van der Waals surface area contributed by atoms with E-state index in [-0.39, 0.29) is 17.4 Å². The Morgan fingerprint density at radius 3 is 2.50 bits per heavy atom. The third kappa shape index (κ3) is 3.94. The van der Waals surface area contributed by atoms with Crippen molar-refractivity contribution in [2.75, 3.05) is 13.1 Å².